The first-order valence-electron chi connectivity index (χ1n) is 8.63. The number of esters is 2. The van der Waals surface area contributed by atoms with E-state index in [-0.39, 0.29) is 37.0 Å². The first-order valence-corrected chi connectivity index (χ1v) is 12.2. The molecule has 0 atom stereocenters. The minimum absolute atomic E-state index is 0.00641. The minimum Gasteiger partial charge on any atom is -0.426 e. The molecule has 2 aromatic carbocycles. The van der Waals surface area contributed by atoms with E-state index in [0.29, 0.717) is 0 Å². The third kappa shape index (κ3) is 6.95. The molecule has 0 aliphatic carbocycles. The highest BCUT2D eigenvalue weighted by atomic mass is 127. The highest BCUT2D eigenvalue weighted by Crippen LogP contribution is 2.30. The molecule has 0 radical (unpaired) electrons. The lowest BCUT2D eigenvalue weighted by atomic mass is 10.2. The van der Waals surface area contributed by atoms with Crippen LogP contribution in [0.4, 0.5) is 22.0 Å². The van der Waals surface area contributed by atoms with E-state index in [1.807, 2.05) is 0 Å². The minimum atomic E-state index is -4.48. The number of unbranched alkanes of at least 4 members (excludes halogenated alkanes) is 1. The maximum absolute atomic E-state index is 13.5. The molecule has 0 spiro atoms. The second kappa shape index (κ2) is 11.2. The van der Waals surface area contributed by atoms with E-state index in [4.69, 9.17) is 4.74 Å². The lowest BCUT2D eigenvalue weighted by Crippen LogP contribution is -2.14. The average molecular weight is 720 g/mol. The third-order valence-corrected chi connectivity index (χ3v) is 7.25. The maximum atomic E-state index is 13.5. The van der Waals surface area contributed by atoms with E-state index in [9.17, 15) is 44.5 Å². The predicted molar refractivity (Wildman–Crippen MR) is 118 cm³/mol. The van der Waals surface area contributed by atoms with Gasteiger partial charge in [0.15, 0.2) is 0 Å². The van der Waals surface area contributed by atoms with Crippen LogP contribution in [0.2, 0.25) is 0 Å². The molecule has 0 aliphatic heterocycles. The second-order valence-electron chi connectivity index (χ2n) is 6.25. The van der Waals surface area contributed by atoms with Crippen molar-refractivity contribution in [3.63, 3.8) is 0 Å². The Morgan fingerprint density at radius 2 is 1.18 bits per heavy atom. The number of benzene rings is 2. The van der Waals surface area contributed by atoms with Crippen LogP contribution >= 0.6 is 45.2 Å². The van der Waals surface area contributed by atoms with Crippen molar-refractivity contribution >= 4 is 67.2 Å². The van der Waals surface area contributed by atoms with Crippen molar-refractivity contribution in [3.8, 4) is 11.5 Å². The van der Waals surface area contributed by atoms with Gasteiger partial charge in [0.25, 0.3) is 10.1 Å². The van der Waals surface area contributed by atoms with Gasteiger partial charge in [-0.15, -0.1) is 0 Å². The summed E-state index contributed by atoms with van der Waals surface area (Å²) in [6.45, 7) is 0. The van der Waals surface area contributed by atoms with Crippen LogP contribution in [0, 0.1) is 36.2 Å². The van der Waals surface area contributed by atoms with Gasteiger partial charge < -0.3 is 9.47 Å². The number of rotatable bonds is 8. The standard InChI is InChI=1S/C18H11F5I2O7S/c19-12-13(20)15(22)17(16(23)14(12)21)32-11(27)4-2-1-3-10(26)31-7-5-8(24)18(9(25)6-7)33(28,29)30/h5-6H,1-4H2,(H,28,29,30). The number of halogens is 7. The van der Waals surface area contributed by atoms with E-state index in [0.717, 1.165) is 0 Å². The molecule has 0 fully saturated rings. The average Bonchev–Trinajstić information content (AvgIpc) is 2.70. The molecule has 2 aromatic rings. The van der Waals surface area contributed by atoms with Gasteiger partial charge in [-0.3, -0.25) is 14.1 Å². The van der Waals surface area contributed by atoms with Crippen molar-refractivity contribution in [1.82, 2.24) is 0 Å². The van der Waals surface area contributed by atoms with Crippen molar-refractivity contribution in [2.45, 2.75) is 30.6 Å². The molecule has 0 amide bonds. The number of ether oxygens (including phenoxy) is 2. The monoisotopic (exact) mass is 720 g/mol. The van der Waals surface area contributed by atoms with Gasteiger partial charge in [0.1, 0.15) is 10.6 Å². The summed E-state index contributed by atoms with van der Waals surface area (Å²) in [5.74, 6) is -15.2. The lowest BCUT2D eigenvalue weighted by molar-refractivity contribution is -0.136. The summed E-state index contributed by atoms with van der Waals surface area (Å²) in [5.41, 5.74) is 0. The molecule has 15 heteroatoms. The lowest BCUT2D eigenvalue weighted by Gasteiger charge is -2.09. The SMILES string of the molecule is O=C(CCCCC(=O)Oc1c(F)c(F)c(F)c(F)c1F)Oc1cc(I)c(S(=O)(=O)O)c(I)c1. The van der Waals surface area contributed by atoms with Gasteiger partial charge in [0, 0.05) is 20.0 Å². The number of carbonyl (C=O) groups is 2. The Kier molecular flexibility index (Phi) is 9.40. The van der Waals surface area contributed by atoms with Gasteiger partial charge in [-0.1, -0.05) is 0 Å². The van der Waals surface area contributed by atoms with Crippen molar-refractivity contribution in [1.29, 1.82) is 0 Å². The molecule has 33 heavy (non-hydrogen) atoms. The molecule has 0 heterocycles. The van der Waals surface area contributed by atoms with Crippen LogP contribution in [0.15, 0.2) is 17.0 Å². The Hall–Kier alpha value is -1.60. The maximum Gasteiger partial charge on any atom is 0.311 e. The Balaban J connectivity index is 1.89. The van der Waals surface area contributed by atoms with Gasteiger partial charge in [-0.2, -0.15) is 17.2 Å². The molecule has 0 bridgehead atoms. The zero-order valence-electron chi connectivity index (χ0n) is 15.9. The zero-order valence-corrected chi connectivity index (χ0v) is 21.1. The van der Waals surface area contributed by atoms with Crippen LogP contribution in [0.1, 0.15) is 25.7 Å². The van der Waals surface area contributed by atoms with Crippen LogP contribution in [0.3, 0.4) is 0 Å². The molecule has 0 saturated heterocycles. The molecule has 0 aromatic heterocycles. The van der Waals surface area contributed by atoms with Crippen molar-refractivity contribution in [2.75, 3.05) is 0 Å². The Morgan fingerprint density at radius 1 is 0.788 bits per heavy atom. The molecule has 7 nitrogen and oxygen atoms in total. The quantitative estimate of drug-likeness (QED) is 0.0605. The summed E-state index contributed by atoms with van der Waals surface area (Å²) in [7, 11) is -4.48. The number of hydrogen-bond donors (Lipinski definition) is 1. The van der Waals surface area contributed by atoms with Crippen LogP contribution in [-0.2, 0) is 19.7 Å². The van der Waals surface area contributed by atoms with E-state index in [1.54, 1.807) is 45.2 Å². The summed E-state index contributed by atoms with van der Waals surface area (Å²) in [4.78, 5) is 23.2. The first kappa shape index (κ1) is 27.6. The molecule has 0 saturated carbocycles. The fourth-order valence-corrected chi connectivity index (χ4v) is 6.39. The van der Waals surface area contributed by atoms with Crippen LogP contribution in [0.5, 0.6) is 11.5 Å². The molecular weight excluding hydrogens is 709 g/mol. The van der Waals surface area contributed by atoms with Crippen LogP contribution in [0.25, 0.3) is 0 Å². The Morgan fingerprint density at radius 3 is 1.61 bits per heavy atom. The summed E-state index contributed by atoms with van der Waals surface area (Å²) in [6, 6.07) is 2.43. The summed E-state index contributed by atoms with van der Waals surface area (Å²) in [5, 5.41) is 0. The van der Waals surface area contributed by atoms with Crippen molar-refractivity contribution in [2.24, 2.45) is 0 Å². The summed E-state index contributed by atoms with van der Waals surface area (Å²) >= 11 is 3.27. The van der Waals surface area contributed by atoms with Crippen molar-refractivity contribution in [3.05, 3.63) is 48.4 Å². The van der Waals surface area contributed by atoms with E-state index < -0.39 is 63.3 Å². The number of carbonyl (C=O) groups excluding carboxylic acids is 2. The molecule has 1 N–H and O–H groups in total. The summed E-state index contributed by atoms with van der Waals surface area (Å²) in [6.07, 6.45) is -0.711. The Labute approximate surface area is 210 Å². The smallest absolute Gasteiger partial charge is 0.311 e. The molecular formula is C18H11F5I2O7S. The van der Waals surface area contributed by atoms with E-state index in [2.05, 4.69) is 4.74 Å². The third-order valence-electron chi connectivity index (χ3n) is 3.86. The fraction of sp³-hybridized carbons (Fsp3) is 0.222. The molecule has 0 unspecified atom stereocenters. The largest absolute Gasteiger partial charge is 0.426 e. The highest BCUT2D eigenvalue weighted by molar-refractivity contribution is 14.1. The van der Waals surface area contributed by atoms with Gasteiger partial charge >= 0.3 is 11.9 Å². The van der Waals surface area contributed by atoms with Crippen LogP contribution < -0.4 is 9.47 Å². The van der Waals surface area contributed by atoms with Gasteiger partial charge in [0.05, 0.1) is 0 Å². The number of hydrogen-bond acceptors (Lipinski definition) is 6. The summed E-state index contributed by atoms with van der Waals surface area (Å²) < 4.78 is 108. The Bertz CT molecular complexity index is 1170. The normalized spacial score (nSPS) is 11.4. The predicted octanol–water partition coefficient (Wildman–Crippen LogP) is 4.91. The van der Waals surface area contributed by atoms with Gasteiger partial charge in [0.2, 0.25) is 34.8 Å². The fourth-order valence-electron chi connectivity index (χ4n) is 2.40. The van der Waals surface area contributed by atoms with Crippen LogP contribution in [-0.4, -0.2) is 24.9 Å². The van der Waals surface area contributed by atoms with Gasteiger partial charge in [-0.25, -0.2) is 13.2 Å². The van der Waals surface area contributed by atoms with Crippen molar-refractivity contribution < 1.29 is 54.0 Å². The molecule has 180 valence electrons. The van der Waals surface area contributed by atoms with E-state index in [1.165, 1.54) is 12.1 Å². The van der Waals surface area contributed by atoms with E-state index >= 15 is 0 Å². The zero-order chi connectivity index (χ0) is 25.1. The highest BCUT2D eigenvalue weighted by Gasteiger charge is 2.28. The molecule has 0 aliphatic rings. The second-order valence-corrected chi connectivity index (χ2v) is 9.93. The molecule has 2 rings (SSSR count). The topological polar surface area (TPSA) is 107 Å². The van der Waals surface area contributed by atoms with Gasteiger partial charge in [-0.05, 0) is 70.2 Å². The first-order chi connectivity index (χ1) is 15.2.